The number of methoxy groups -OCH3 is 1. The number of hydrogen-bond acceptors (Lipinski definition) is 5. The Balaban J connectivity index is 2.06. The summed E-state index contributed by atoms with van der Waals surface area (Å²) in [4.78, 5) is 11.5. The molecule has 0 spiro atoms. The summed E-state index contributed by atoms with van der Waals surface area (Å²) in [6, 6.07) is 0.535. The minimum Gasteiger partial charge on any atom is -0.468 e. The lowest BCUT2D eigenvalue weighted by atomic mass is 10.3. The van der Waals surface area contributed by atoms with Crippen molar-refractivity contribution >= 4 is 17.7 Å². The van der Waals surface area contributed by atoms with Gasteiger partial charge in [0.15, 0.2) is 5.16 Å². The summed E-state index contributed by atoms with van der Waals surface area (Å²) >= 11 is 1.44. The third-order valence-corrected chi connectivity index (χ3v) is 3.88. The summed E-state index contributed by atoms with van der Waals surface area (Å²) in [7, 11) is 1.41. The summed E-state index contributed by atoms with van der Waals surface area (Å²) in [5.74, 6) is -0.196. The first-order valence-corrected chi connectivity index (χ1v) is 6.28. The van der Waals surface area contributed by atoms with E-state index in [4.69, 9.17) is 4.74 Å². The molecular formula is C10H15N3O2S. The van der Waals surface area contributed by atoms with Crippen LogP contribution in [0.25, 0.3) is 0 Å². The van der Waals surface area contributed by atoms with E-state index in [2.05, 4.69) is 14.8 Å². The lowest BCUT2D eigenvalue weighted by Gasteiger charge is -2.11. The van der Waals surface area contributed by atoms with Gasteiger partial charge in [-0.1, -0.05) is 18.7 Å². The van der Waals surface area contributed by atoms with Crippen LogP contribution in [0.5, 0.6) is 0 Å². The molecule has 6 heteroatoms. The minimum atomic E-state index is -0.196. The van der Waals surface area contributed by atoms with Crippen molar-refractivity contribution in [3.63, 3.8) is 0 Å². The number of ether oxygens (including phenoxy) is 1. The first kappa shape index (κ1) is 11.4. The number of nitrogens with zero attached hydrogens (tertiary/aromatic N) is 3. The molecule has 1 saturated carbocycles. The fourth-order valence-corrected chi connectivity index (χ4v) is 2.50. The van der Waals surface area contributed by atoms with Crippen LogP contribution in [0.15, 0.2) is 11.5 Å². The second-order valence-electron chi connectivity index (χ2n) is 3.79. The van der Waals surface area contributed by atoms with Gasteiger partial charge in [-0.25, -0.2) is 0 Å². The zero-order valence-corrected chi connectivity index (χ0v) is 10.2. The van der Waals surface area contributed by atoms with Crippen LogP contribution in [0.4, 0.5) is 0 Å². The molecule has 0 bridgehead atoms. The van der Waals surface area contributed by atoms with Gasteiger partial charge in [0.1, 0.15) is 11.6 Å². The van der Waals surface area contributed by atoms with Gasteiger partial charge in [-0.2, -0.15) is 0 Å². The van der Waals surface area contributed by atoms with Crippen LogP contribution in [0.2, 0.25) is 0 Å². The van der Waals surface area contributed by atoms with E-state index in [0.29, 0.717) is 6.04 Å². The maximum Gasteiger partial charge on any atom is 0.319 e. The lowest BCUT2D eigenvalue weighted by molar-refractivity contribution is -0.140. The van der Waals surface area contributed by atoms with Crippen molar-refractivity contribution in [1.29, 1.82) is 0 Å². The smallest absolute Gasteiger partial charge is 0.319 e. The second-order valence-corrected chi connectivity index (χ2v) is 4.96. The molecule has 0 N–H and O–H groups in total. The predicted octanol–water partition coefficient (Wildman–Crippen LogP) is 1.66. The molecule has 88 valence electrons. The predicted molar refractivity (Wildman–Crippen MR) is 60.2 cm³/mol. The molecule has 1 aliphatic carbocycles. The molecule has 0 radical (unpaired) electrons. The zero-order chi connectivity index (χ0) is 11.5. The Morgan fingerprint density at radius 1 is 1.75 bits per heavy atom. The molecule has 0 aliphatic heterocycles. The summed E-state index contributed by atoms with van der Waals surface area (Å²) in [5.41, 5.74) is 0. The van der Waals surface area contributed by atoms with Crippen molar-refractivity contribution in [2.75, 3.05) is 7.11 Å². The monoisotopic (exact) mass is 241 g/mol. The Bertz CT molecular complexity index is 376. The second kappa shape index (κ2) is 4.86. The summed E-state index contributed by atoms with van der Waals surface area (Å²) in [5, 5.41) is 8.58. The molecule has 0 aromatic carbocycles. The van der Waals surface area contributed by atoms with Crippen molar-refractivity contribution in [2.24, 2.45) is 0 Å². The van der Waals surface area contributed by atoms with E-state index in [9.17, 15) is 4.79 Å². The highest BCUT2D eigenvalue weighted by atomic mass is 32.2. The average molecular weight is 241 g/mol. The number of carbonyl (C=O) groups excluding carboxylic acids is 1. The topological polar surface area (TPSA) is 57.0 Å². The van der Waals surface area contributed by atoms with Gasteiger partial charge in [-0.05, 0) is 19.3 Å². The van der Waals surface area contributed by atoms with Crippen LogP contribution in [0, 0.1) is 0 Å². The van der Waals surface area contributed by atoms with Crippen LogP contribution in [0.3, 0.4) is 0 Å². The van der Waals surface area contributed by atoms with E-state index in [1.165, 1.54) is 31.7 Å². The van der Waals surface area contributed by atoms with Crippen molar-refractivity contribution in [3.05, 3.63) is 6.33 Å². The molecule has 1 heterocycles. The molecular weight excluding hydrogens is 226 g/mol. The molecule has 0 saturated heterocycles. The Hall–Kier alpha value is -1.04. The number of rotatable bonds is 5. The molecule has 16 heavy (non-hydrogen) atoms. The number of esters is 1. The summed E-state index contributed by atoms with van der Waals surface area (Å²) in [6.45, 7) is 1.96. The van der Waals surface area contributed by atoms with Gasteiger partial charge in [0.25, 0.3) is 0 Å². The maximum absolute atomic E-state index is 11.5. The highest BCUT2D eigenvalue weighted by molar-refractivity contribution is 8.00. The fraction of sp³-hybridized carbons (Fsp3) is 0.700. The Kier molecular flexibility index (Phi) is 3.48. The highest BCUT2D eigenvalue weighted by Gasteiger charge is 2.28. The zero-order valence-electron chi connectivity index (χ0n) is 9.42. The van der Waals surface area contributed by atoms with Crippen LogP contribution >= 0.6 is 11.8 Å². The number of thioether (sulfide) groups is 1. The van der Waals surface area contributed by atoms with Gasteiger partial charge in [-0.15, -0.1) is 10.2 Å². The number of hydrogen-bond donors (Lipinski definition) is 0. The third kappa shape index (κ3) is 2.37. The fourth-order valence-electron chi connectivity index (χ4n) is 1.48. The van der Waals surface area contributed by atoms with Gasteiger partial charge in [0, 0.05) is 6.04 Å². The third-order valence-electron chi connectivity index (χ3n) is 2.56. The molecule has 0 amide bonds. The molecule has 1 atom stereocenters. The molecule has 0 unspecified atom stereocenters. The van der Waals surface area contributed by atoms with E-state index in [-0.39, 0.29) is 11.2 Å². The average Bonchev–Trinajstić information content (AvgIpc) is 3.05. The van der Waals surface area contributed by atoms with Gasteiger partial charge in [0.2, 0.25) is 0 Å². The minimum absolute atomic E-state index is 0.188. The molecule has 1 fully saturated rings. The van der Waals surface area contributed by atoms with Crippen molar-refractivity contribution in [2.45, 2.75) is 42.6 Å². The van der Waals surface area contributed by atoms with E-state index >= 15 is 0 Å². The molecule has 1 aromatic rings. The lowest BCUT2D eigenvalue weighted by Crippen LogP contribution is -2.18. The molecule has 1 aromatic heterocycles. The van der Waals surface area contributed by atoms with Gasteiger partial charge in [0.05, 0.1) is 7.11 Å². The van der Waals surface area contributed by atoms with E-state index in [0.717, 1.165) is 11.6 Å². The van der Waals surface area contributed by atoms with E-state index in [1.54, 1.807) is 6.33 Å². The van der Waals surface area contributed by atoms with Crippen LogP contribution in [-0.4, -0.2) is 33.1 Å². The van der Waals surface area contributed by atoms with Gasteiger partial charge in [-0.3, -0.25) is 4.79 Å². The molecule has 2 rings (SSSR count). The van der Waals surface area contributed by atoms with E-state index in [1.807, 2.05) is 6.92 Å². The van der Waals surface area contributed by atoms with Crippen molar-refractivity contribution in [1.82, 2.24) is 14.8 Å². The molecule has 1 aliphatic rings. The van der Waals surface area contributed by atoms with Gasteiger partial charge >= 0.3 is 5.97 Å². The van der Waals surface area contributed by atoms with Gasteiger partial charge < -0.3 is 9.30 Å². The Morgan fingerprint density at radius 2 is 2.50 bits per heavy atom. The first-order chi connectivity index (χ1) is 7.76. The maximum atomic E-state index is 11.5. The standard InChI is InChI=1S/C10H15N3O2S/c1-3-8(9(14)15-2)16-10-12-11-6-13(10)7-4-5-7/h6-8H,3-5H2,1-2H3/t8-/m1/s1. The van der Waals surface area contributed by atoms with Crippen molar-refractivity contribution in [3.8, 4) is 0 Å². The quantitative estimate of drug-likeness (QED) is 0.579. The highest BCUT2D eigenvalue weighted by Crippen LogP contribution is 2.38. The van der Waals surface area contributed by atoms with Crippen LogP contribution in [-0.2, 0) is 9.53 Å². The Labute approximate surface area is 98.6 Å². The largest absolute Gasteiger partial charge is 0.468 e. The normalized spacial score (nSPS) is 17.1. The summed E-state index contributed by atoms with van der Waals surface area (Å²) < 4.78 is 6.80. The number of carbonyl (C=O) groups is 1. The first-order valence-electron chi connectivity index (χ1n) is 5.40. The van der Waals surface area contributed by atoms with E-state index < -0.39 is 0 Å². The Morgan fingerprint density at radius 3 is 3.06 bits per heavy atom. The van der Waals surface area contributed by atoms with Crippen LogP contribution in [0.1, 0.15) is 32.2 Å². The summed E-state index contributed by atoms with van der Waals surface area (Å²) in [6.07, 6.45) is 4.83. The van der Waals surface area contributed by atoms with Crippen molar-refractivity contribution < 1.29 is 9.53 Å². The van der Waals surface area contributed by atoms with Crippen LogP contribution < -0.4 is 0 Å². The SMILES string of the molecule is CC[C@@H](Sc1nncn1C1CC1)C(=O)OC. The molecule has 5 nitrogen and oxygen atoms in total. The number of aromatic nitrogens is 3.